The van der Waals surface area contributed by atoms with E-state index < -0.39 is 11.0 Å². The molecule has 4 heteroatoms. The number of rotatable bonds is 1. The molecule has 0 fully saturated rings. The van der Waals surface area contributed by atoms with Crippen molar-refractivity contribution >= 4 is 32.6 Å². The third-order valence-corrected chi connectivity index (χ3v) is 4.94. The lowest BCUT2D eigenvalue weighted by Crippen LogP contribution is -2.20. The predicted molar refractivity (Wildman–Crippen MR) is 76.9 cm³/mol. The fraction of sp³-hybridized carbons (Fsp3) is 0.462. The molecule has 0 aliphatic heterocycles. The predicted octanol–water partition coefficient (Wildman–Crippen LogP) is 3.65. The van der Waals surface area contributed by atoms with E-state index in [0.29, 0.717) is 0 Å². The summed E-state index contributed by atoms with van der Waals surface area (Å²) in [7, 11) is -1.17. The van der Waals surface area contributed by atoms with Crippen molar-refractivity contribution < 1.29 is 4.21 Å². The average Bonchev–Trinajstić information content (AvgIpc) is 2.62. The Kier molecular flexibility index (Phi) is 3.55. The van der Waals surface area contributed by atoms with E-state index in [2.05, 4.69) is 26.4 Å². The van der Waals surface area contributed by atoms with Crippen LogP contribution >= 0.6 is 15.9 Å². The van der Waals surface area contributed by atoms with Gasteiger partial charge in [-0.2, -0.15) is 4.40 Å². The summed E-state index contributed by atoms with van der Waals surface area (Å²) < 4.78 is 17.3. The minimum Gasteiger partial charge on any atom is -0.234 e. The van der Waals surface area contributed by atoms with Crippen LogP contribution in [0.2, 0.25) is 0 Å². The summed E-state index contributed by atoms with van der Waals surface area (Å²) in [6.45, 7) is 5.85. The molecule has 2 nitrogen and oxygen atoms in total. The molecule has 0 heterocycles. The molecule has 0 saturated heterocycles. The number of hydrogen-bond acceptors (Lipinski definition) is 1. The zero-order valence-corrected chi connectivity index (χ0v) is 12.7. The molecule has 0 spiro atoms. The third-order valence-electron chi connectivity index (χ3n) is 2.76. The van der Waals surface area contributed by atoms with Gasteiger partial charge in [-0.25, -0.2) is 4.21 Å². The number of fused-ring (bicyclic) bond motifs is 1. The summed E-state index contributed by atoms with van der Waals surface area (Å²) in [5.74, 6) is 0. The number of hydrogen-bond donors (Lipinski definition) is 0. The van der Waals surface area contributed by atoms with E-state index in [1.54, 1.807) is 0 Å². The molecule has 17 heavy (non-hydrogen) atoms. The van der Waals surface area contributed by atoms with Crippen molar-refractivity contribution in [3.63, 3.8) is 0 Å². The second-order valence-electron chi connectivity index (χ2n) is 5.17. The molecule has 0 aromatic heterocycles. The highest BCUT2D eigenvalue weighted by atomic mass is 79.9. The highest BCUT2D eigenvalue weighted by molar-refractivity contribution is 9.10. The maximum atomic E-state index is 12.0. The van der Waals surface area contributed by atoms with Crippen LogP contribution in [0, 0.1) is 0 Å². The molecule has 1 atom stereocenters. The molecule has 1 aromatic carbocycles. The van der Waals surface area contributed by atoms with E-state index in [1.807, 2.05) is 32.9 Å². The van der Waals surface area contributed by atoms with Gasteiger partial charge in [-0.15, -0.1) is 0 Å². The lowest BCUT2D eigenvalue weighted by molar-refractivity contribution is 0.650. The van der Waals surface area contributed by atoms with Crippen molar-refractivity contribution in [1.29, 1.82) is 0 Å². The van der Waals surface area contributed by atoms with Gasteiger partial charge in [-0.3, -0.25) is 0 Å². The quantitative estimate of drug-likeness (QED) is 0.778. The van der Waals surface area contributed by atoms with Crippen LogP contribution in [0.15, 0.2) is 27.1 Å². The maximum Gasteiger partial charge on any atom is 0.145 e. The Balaban J connectivity index is 2.38. The van der Waals surface area contributed by atoms with Gasteiger partial charge in [0.15, 0.2) is 0 Å². The molecule has 0 amide bonds. The fourth-order valence-electron chi connectivity index (χ4n) is 1.79. The molecular weight excluding hydrogens is 298 g/mol. The Morgan fingerprint density at radius 1 is 1.29 bits per heavy atom. The van der Waals surface area contributed by atoms with E-state index >= 15 is 0 Å². The van der Waals surface area contributed by atoms with Crippen LogP contribution < -0.4 is 0 Å². The molecule has 0 radical (unpaired) electrons. The zero-order valence-electron chi connectivity index (χ0n) is 10.3. The summed E-state index contributed by atoms with van der Waals surface area (Å²) >= 11 is 3.55. The van der Waals surface area contributed by atoms with Gasteiger partial charge in [0.25, 0.3) is 0 Å². The van der Waals surface area contributed by atoms with Gasteiger partial charge in [-0.1, -0.05) is 28.1 Å². The van der Waals surface area contributed by atoms with Gasteiger partial charge >= 0.3 is 0 Å². The zero-order chi connectivity index (χ0) is 12.6. The largest absolute Gasteiger partial charge is 0.234 e. The smallest absolute Gasteiger partial charge is 0.145 e. The molecule has 1 aromatic rings. The van der Waals surface area contributed by atoms with Gasteiger partial charge in [0, 0.05) is 10.0 Å². The molecule has 1 aliphatic carbocycles. The van der Waals surface area contributed by atoms with Crippen molar-refractivity contribution in [2.75, 3.05) is 0 Å². The van der Waals surface area contributed by atoms with Crippen molar-refractivity contribution in [2.45, 2.75) is 38.4 Å². The van der Waals surface area contributed by atoms with Crippen LogP contribution in [0.1, 0.15) is 38.3 Å². The summed E-state index contributed by atoms with van der Waals surface area (Å²) in [6.07, 6.45) is 1.87. The minimum absolute atomic E-state index is 0.290. The van der Waals surface area contributed by atoms with E-state index in [4.69, 9.17) is 0 Å². The summed E-state index contributed by atoms with van der Waals surface area (Å²) in [5.41, 5.74) is 3.42. The molecule has 1 aliphatic rings. The SMILES string of the molecule is CC(C)(C)[S@@](=O)/N=C1\CCc2c(Br)cccc21. The molecule has 2 rings (SSSR count). The summed E-state index contributed by atoms with van der Waals surface area (Å²) in [4.78, 5) is 0. The Morgan fingerprint density at radius 3 is 2.65 bits per heavy atom. The van der Waals surface area contributed by atoms with Gasteiger partial charge in [0.2, 0.25) is 0 Å². The van der Waals surface area contributed by atoms with Crippen LogP contribution in [0.4, 0.5) is 0 Å². The summed E-state index contributed by atoms with van der Waals surface area (Å²) in [5, 5.41) is 0. The molecule has 0 N–H and O–H groups in total. The standard InChI is InChI=1S/C13H16BrNOS/c1-13(2,3)17(16)15-12-8-7-9-10(12)5-4-6-11(9)14/h4-6H,7-8H2,1-3H3/b15-12+/t17-/m1/s1. The van der Waals surface area contributed by atoms with Crippen molar-refractivity contribution in [1.82, 2.24) is 0 Å². The first-order valence-corrected chi connectivity index (χ1v) is 7.57. The van der Waals surface area contributed by atoms with Gasteiger partial charge in [0.1, 0.15) is 11.0 Å². The number of benzene rings is 1. The molecule has 0 saturated carbocycles. The van der Waals surface area contributed by atoms with Crippen LogP contribution in [-0.2, 0) is 17.4 Å². The highest BCUT2D eigenvalue weighted by Gasteiger charge is 2.24. The van der Waals surface area contributed by atoms with Crippen LogP contribution in [0.3, 0.4) is 0 Å². The molecule has 92 valence electrons. The number of nitrogens with zero attached hydrogens (tertiary/aromatic N) is 1. The Morgan fingerprint density at radius 2 is 2.00 bits per heavy atom. The second-order valence-corrected chi connectivity index (χ2v) is 7.93. The van der Waals surface area contributed by atoms with Crippen LogP contribution in [-0.4, -0.2) is 14.7 Å². The fourth-order valence-corrected chi connectivity index (χ4v) is 3.02. The van der Waals surface area contributed by atoms with Crippen LogP contribution in [0.5, 0.6) is 0 Å². The van der Waals surface area contributed by atoms with Crippen molar-refractivity contribution in [2.24, 2.45) is 4.40 Å². The van der Waals surface area contributed by atoms with Gasteiger partial charge in [-0.05, 0) is 45.2 Å². The molecular formula is C13H16BrNOS. The Labute approximate surface area is 113 Å². The lowest BCUT2D eigenvalue weighted by Gasteiger charge is -2.14. The van der Waals surface area contributed by atoms with Crippen LogP contribution in [0.25, 0.3) is 0 Å². The highest BCUT2D eigenvalue weighted by Crippen LogP contribution is 2.30. The minimum atomic E-state index is -1.17. The van der Waals surface area contributed by atoms with E-state index in [1.165, 1.54) is 5.56 Å². The first-order valence-electron chi connectivity index (χ1n) is 5.67. The monoisotopic (exact) mass is 313 g/mol. The van der Waals surface area contributed by atoms with Crippen molar-refractivity contribution in [3.05, 3.63) is 33.8 Å². The topological polar surface area (TPSA) is 29.4 Å². The molecule has 0 bridgehead atoms. The first-order chi connectivity index (χ1) is 7.89. The van der Waals surface area contributed by atoms with Gasteiger partial charge < -0.3 is 0 Å². The molecule has 0 unspecified atom stereocenters. The van der Waals surface area contributed by atoms with E-state index in [9.17, 15) is 4.21 Å². The summed E-state index contributed by atoms with van der Waals surface area (Å²) in [6, 6.07) is 6.11. The second kappa shape index (κ2) is 4.65. The van der Waals surface area contributed by atoms with E-state index in [0.717, 1.165) is 28.6 Å². The van der Waals surface area contributed by atoms with Crippen molar-refractivity contribution in [3.8, 4) is 0 Å². The van der Waals surface area contributed by atoms with Gasteiger partial charge in [0.05, 0.1) is 10.5 Å². The normalized spacial score (nSPS) is 19.4. The van der Waals surface area contributed by atoms with E-state index in [-0.39, 0.29) is 4.75 Å². The third kappa shape index (κ3) is 2.68. The first kappa shape index (κ1) is 13.0. The average molecular weight is 314 g/mol. The Hall–Kier alpha value is -0.480. The Bertz CT molecular complexity index is 503. The lowest BCUT2D eigenvalue weighted by atomic mass is 10.1. The maximum absolute atomic E-state index is 12.0. The number of halogens is 1.